The van der Waals surface area contributed by atoms with Gasteiger partial charge in [0.1, 0.15) is 41.2 Å². The molecule has 3 heterocycles. The predicted molar refractivity (Wildman–Crippen MR) is 113 cm³/mol. The van der Waals surface area contributed by atoms with Crippen LogP contribution < -0.4 is 15.4 Å². The van der Waals surface area contributed by atoms with Gasteiger partial charge in [-0.15, -0.1) is 0 Å². The lowest BCUT2D eigenvalue weighted by atomic mass is 10.1. The van der Waals surface area contributed by atoms with Crippen LogP contribution >= 0.6 is 0 Å². The first-order valence-electron chi connectivity index (χ1n) is 9.07. The molecule has 156 valence electrons. The van der Waals surface area contributed by atoms with Crippen molar-refractivity contribution in [3.63, 3.8) is 0 Å². The van der Waals surface area contributed by atoms with Crippen molar-refractivity contribution in [1.82, 2.24) is 15.0 Å². The molecule has 9 nitrogen and oxygen atoms in total. The average molecular weight is 437 g/mol. The van der Waals surface area contributed by atoms with E-state index in [4.69, 9.17) is 5.73 Å². The van der Waals surface area contributed by atoms with Crippen LogP contribution in [0.25, 0.3) is 6.08 Å². The topological polar surface area (TPSA) is 138 Å². The van der Waals surface area contributed by atoms with Gasteiger partial charge in [0.2, 0.25) is 0 Å². The van der Waals surface area contributed by atoms with E-state index >= 15 is 0 Å². The normalized spacial score (nSPS) is 15.4. The SMILES string of the molecule is C[C@H](Nc1ncnc(N)c1C#N)C1=Cc2ccc(F)cc2S(=O)(=O)N1c1ccccn1. The number of nitrogens with one attached hydrogen (secondary N) is 1. The quantitative estimate of drug-likeness (QED) is 0.635. The molecule has 3 aromatic rings. The van der Waals surface area contributed by atoms with Crippen LogP contribution in [-0.2, 0) is 10.0 Å². The van der Waals surface area contributed by atoms with Crippen LogP contribution in [-0.4, -0.2) is 29.4 Å². The number of aromatic nitrogens is 3. The Morgan fingerprint density at radius 1 is 1.23 bits per heavy atom. The first-order chi connectivity index (χ1) is 14.8. The summed E-state index contributed by atoms with van der Waals surface area (Å²) >= 11 is 0. The van der Waals surface area contributed by atoms with E-state index in [-0.39, 0.29) is 27.9 Å². The Kier molecular flexibility index (Phi) is 5.00. The van der Waals surface area contributed by atoms with Gasteiger partial charge in [-0.3, -0.25) is 0 Å². The maximum Gasteiger partial charge on any atom is 0.270 e. The summed E-state index contributed by atoms with van der Waals surface area (Å²) in [5.41, 5.74) is 6.42. The van der Waals surface area contributed by atoms with E-state index in [1.54, 1.807) is 25.1 Å². The number of nitriles is 1. The van der Waals surface area contributed by atoms with Crippen LogP contribution in [0.3, 0.4) is 0 Å². The van der Waals surface area contributed by atoms with Gasteiger partial charge in [0, 0.05) is 6.20 Å². The molecule has 0 fully saturated rings. The van der Waals surface area contributed by atoms with Crippen LogP contribution in [0.2, 0.25) is 0 Å². The first kappa shape index (κ1) is 20.2. The molecular weight excluding hydrogens is 421 g/mol. The molecule has 11 heteroatoms. The van der Waals surface area contributed by atoms with Crippen molar-refractivity contribution in [1.29, 1.82) is 5.26 Å². The van der Waals surface area contributed by atoms with Gasteiger partial charge in [-0.1, -0.05) is 12.1 Å². The van der Waals surface area contributed by atoms with Gasteiger partial charge in [-0.05, 0) is 42.8 Å². The molecule has 0 saturated carbocycles. The highest BCUT2D eigenvalue weighted by Crippen LogP contribution is 2.36. The molecule has 0 unspecified atom stereocenters. The lowest BCUT2D eigenvalue weighted by molar-refractivity contribution is 0.586. The Balaban J connectivity index is 1.86. The Morgan fingerprint density at radius 3 is 2.74 bits per heavy atom. The number of pyridine rings is 1. The van der Waals surface area contributed by atoms with E-state index in [2.05, 4.69) is 20.3 Å². The summed E-state index contributed by atoms with van der Waals surface area (Å²) in [5.74, 6) is -0.368. The standard InChI is InChI=1S/C20H16FN7O2S/c1-12(27-20-15(10-22)19(23)25-11-26-20)16-8-13-5-6-14(21)9-17(13)31(29,30)28(16)18-4-2-3-7-24-18/h2-9,11-12H,1H3,(H3,23,25,26,27)/t12-/m0/s1. The van der Waals surface area contributed by atoms with Gasteiger partial charge in [-0.2, -0.15) is 5.26 Å². The van der Waals surface area contributed by atoms with E-state index in [0.29, 0.717) is 11.3 Å². The van der Waals surface area contributed by atoms with Gasteiger partial charge in [-0.25, -0.2) is 32.1 Å². The van der Waals surface area contributed by atoms with Crippen molar-refractivity contribution in [3.8, 4) is 6.07 Å². The molecule has 0 radical (unpaired) electrons. The molecule has 0 saturated heterocycles. The number of rotatable bonds is 4. The second-order valence-electron chi connectivity index (χ2n) is 6.67. The number of anilines is 3. The average Bonchev–Trinajstić information content (AvgIpc) is 2.74. The number of sulfonamides is 1. The number of benzene rings is 1. The Hall–Kier alpha value is -4.04. The smallest absolute Gasteiger partial charge is 0.270 e. The fourth-order valence-electron chi connectivity index (χ4n) is 3.23. The molecule has 2 aromatic heterocycles. The second kappa shape index (κ2) is 7.66. The minimum Gasteiger partial charge on any atom is -0.382 e. The van der Waals surface area contributed by atoms with Crippen molar-refractivity contribution >= 4 is 33.6 Å². The molecule has 1 aliphatic heterocycles. The molecule has 0 aliphatic carbocycles. The van der Waals surface area contributed by atoms with E-state index in [9.17, 15) is 18.1 Å². The van der Waals surface area contributed by atoms with Crippen molar-refractivity contribution in [3.05, 3.63) is 71.6 Å². The van der Waals surface area contributed by atoms with Gasteiger partial charge in [0.05, 0.1) is 16.6 Å². The molecule has 1 atom stereocenters. The molecule has 3 N–H and O–H groups in total. The van der Waals surface area contributed by atoms with Crippen LogP contribution in [0.4, 0.5) is 21.8 Å². The molecule has 0 amide bonds. The fraction of sp³-hybridized carbons (Fsp3) is 0.100. The maximum absolute atomic E-state index is 13.8. The van der Waals surface area contributed by atoms with Crippen LogP contribution in [0.5, 0.6) is 0 Å². The summed E-state index contributed by atoms with van der Waals surface area (Å²) in [6.07, 6.45) is 4.28. The third kappa shape index (κ3) is 3.53. The summed E-state index contributed by atoms with van der Waals surface area (Å²) in [5, 5.41) is 12.4. The minimum atomic E-state index is -4.17. The zero-order chi connectivity index (χ0) is 22.2. The third-order valence-electron chi connectivity index (χ3n) is 4.67. The predicted octanol–water partition coefficient (Wildman–Crippen LogP) is 2.51. The number of nitrogens with two attached hydrogens (primary N) is 1. The fourth-order valence-corrected chi connectivity index (χ4v) is 4.96. The molecule has 1 aromatic carbocycles. The van der Waals surface area contributed by atoms with Crippen molar-refractivity contribution in [2.75, 3.05) is 15.4 Å². The van der Waals surface area contributed by atoms with Gasteiger partial charge in [0.15, 0.2) is 0 Å². The molecule has 4 rings (SSSR count). The van der Waals surface area contributed by atoms with Crippen LogP contribution in [0, 0.1) is 17.1 Å². The molecule has 0 bridgehead atoms. The molecule has 1 aliphatic rings. The lowest BCUT2D eigenvalue weighted by Gasteiger charge is -2.33. The number of nitrogen functional groups attached to an aromatic ring is 1. The Morgan fingerprint density at radius 2 is 2.03 bits per heavy atom. The summed E-state index contributed by atoms with van der Waals surface area (Å²) in [7, 11) is -4.17. The monoisotopic (exact) mass is 437 g/mol. The van der Waals surface area contributed by atoms with Gasteiger partial charge in [0.25, 0.3) is 10.0 Å². The highest BCUT2D eigenvalue weighted by Gasteiger charge is 2.37. The van der Waals surface area contributed by atoms with E-state index in [0.717, 1.165) is 10.4 Å². The number of hydrogen-bond acceptors (Lipinski definition) is 8. The maximum atomic E-state index is 13.8. The van der Waals surface area contributed by atoms with Gasteiger partial charge >= 0.3 is 0 Å². The third-order valence-corrected chi connectivity index (χ3v) is 6.46. The molecule has 31 heavy (non-hydrogen) atoms. The van der Waals surface area contributed by atoms with E-state index in [1.807, 2.05) is 6.07 Å². The highest BCUT2D eigenvalue weighted by molar-refractivity contribution is 7.93. The van der Waals surface area contributed by atoms with E-state index in [1.165, 1.54) is 30.7 Å². The minimum absolute atomic E-state index is 0.000140. The van der Waals surface area contributed by atoms with Crippen molar-refractivity contribution in [2.45, 2.75) is 17.9 Å². The number of hydrogen-bond donors (Lipinski definition) is 2. The first-order valence-corrected chi connectivity index (χ1v) is 10.5. The van der Waals surface area contributed by atoms with Crippen LogP contribution in [0.1, 0.15) is 18.1 Å². The van der Waals surface area contributed by atoms with E-state index < -0.39 is 21.9 Å². The number of nitrogens with zero attached hydrogens (tertiary/aromatic N) is 5. The summed E-state index contributed by atoms with van der Waals surface area (Å²) < 4.78 is 41.8. The summed E-state index contributed by atoms with van der Waals surface area (Å²) in [4.78, 5) is 11.8. The molecular formula is C20H16FN7O2S. The Labute approximate surface area is 177 Å². The lowest BCUT2D eigenvalue weighted by Crippen LogP contribution is -2.40. The highest BCUT2D eigenvalue weighted by atomic mass is 32.2. The molecule has 0 spiro atoms. The zero-order valence-electron chi connectivity index (χ0n) is 16.2. The van der Waals surface area contributed by atoms with Crippen LogP contribution in [0.15, 0.2) is 59.5 Å². The van der Waals surface area contributed by atoms with Crippen molar-refractivity contribution < 1.29 is 12.8 Å². The number of halogens is 1. The van der Waals surface area contributed by atoms with Gasteiger partial charge < -0.3 is 11.1 Å². The Bertz CT molecular complexity index is 1340. The van der Waals surface area contributed by atoms with Crippen molar-refractivity contribution in [2.24, 2.45) is 0 Å². The largest absolute Gasteiger partial charge is 0.382 e. The summed E-state index contributed by atoms with van der Waals surface area (Å²) in [6.45, 7) is 1.70. The summed E-state index contributed by atoms with van der Waals surface area (Å²) in [6, 6.07) is 9.68. The number of fused-ring (bicyclic) bond motifs is 1. The second-order valence-corrected chi connectivity index (χ2v) is 8.42. The zero-order valence-corrected chi connectivity index (χ0v) is 17.0.